The minimum Gasteiger partial charge on any atom is -0.507 e. The summed E-state index contributed by atoms with van der Waals surface area (Å²) in [7, 11) is 0. The largest absolute Gasteiger partial charge is 0.507 e. The second kappa shape index (κ2) is 8.21. The standard InChI is InChI=1S/C25H28N8OS/c1-24-8-3-9-25(2,32-24)12-17(11-24)33(16-5-6-16)20-14-27-22(30-28-20)18-7-4-15(10-19(18)34)23-31-29-21(13-26)35-23/h4,7,10,14,16-17,32,34H,3,5-6,8-9,11-12H2,1-2H3/t17?,24-,25+. The number of aromatic nitrogens is 5. The van der Waals surface area contributed by atoms with E-state index in [1.54, 1.807) is 18.3 Å². The second-order valence-electron chi connectivity index (χ2n) is 10.7. The van der Waals surface area contributed by atoms with Crippen LogP contribution in [0.4, 0.5) is 5.82 Å². The zero-order valence-corrected chi connectivity index (χ0v) is 20.7. The molecule has 3 aliphatic rings. The molecular formula is C25H28N8OS. The van der Waals surface area contributed by atoms with Crippen LogP contribution >= 0.6 is 11.3 Å². The van der Waals surface area contributed by atoms with E-state index in [2.05, 4.69) is 49.4 Å². The van der Waals surface area contributed by atoms with Crippen molar-refractivity contribution >= 4 is 17.2 Å². The van der Waals surface area contributed by atoms with Gasteiger partial charge in [0.2, 0.25) is 5.01 Å². The van der Waals surface area contributed by atoms with Crippen LogP contribution in [0, 0.1) is 11.3 Å². The summed E-state index contributed by atoms with van der Waals surface area (Å²) in [6.07, 6.45) is 10.1. The van der Waals surface area contributed by atoms with E-state index in [-0.39, 0.29) is 21.8 Å². The summed E-state index contributed by atoms with van der Waals surface area (Å²) in [6.45, 7) is 4.73. The van der Waals surface area contributed by atoms with Crippen molar-refractivity contribution in [2.75, 3.05) is 4.90 Å². The van der Waals surface area contributed by atoms with Gasteiger partial charge in [-0.25, -0.2) is 4.98 Å². The summed E-state index contributed by atoms with van der Waals surface area (Å²) in [5, 5.41) is 41.3. The Morgan fingerprint density at radius 2 is 1.86 bits per heavy atom. The van der Waals surface area contributed by atoms with Gasteiger partial charge in [-0.05, 0) is 70.9 Å². The van der Waals surface area contributed by atoms with Crippen LogP contribution in [0.15, 0.2) is 24.4 Å². The molecule has 0 radical (unpaired) electrons. The number of anilines is 1. The number of nitriles is 1. The van der Waals surface area contributed by atoms with Gasteiger partial charge in [0, 0.05) is 28.7 Å². The van der Waals surface area contributed by atoms with Gasteiger partial charge >= 0.3 is 0 Å². The molecule has 180 valence electrons. The molecular weight excluding hydrogens is 460 g/mol. The molecule has 3 atom stereocenters. The van der Waals surface area contributed by atoms with Gasteiger partial charge in [0.05, 0.1) is 11.8 Å². The van der Waals surface area contributed by atoms with Gasteiger partial charge in [-0.2, -0.15) is 5.26 Å². The van der Waals surface area contributed by atoms with E-state index >= 15 is 0 Å². The lowest BCUT2D eigenvalue weighted by atomic mass is 9.69. The molecule has 2 aromatic heterocycles. The molecule has 1 aliphatic carbocycles. The summed E-state index contributed by atoms with van der Waals surface area (Å²) in [5.41, 5.74) is 1.52. The molecule has 2 bridgehead atoms. The maximum absolute atomic E-state index is 10.7. The first-order valence-electron chi connectivity index (χ1n) is 12.2. The van der Waals surface area contributed by atoms with Crippen LogP contribution in [0.1, 0.15) is 63.8 Å². The first-order chi connectivity index (χ1) is 16.8. The molecule has 6 rings (SSSR count). The molecule has 0 amide bonds. The summed E-state index contributed by atoms with van der Waals surface area (Å²) in [6, 6.07) is 8.07. The molecule has 0 spiro atoms. The van der Waals surface area contributed by atoms with Gasteiger partial charge in [-0.15, -0.1) is 20.4 Å². The minimum absolute atomic E-state index is 0.0387. The van der Waals surface area contributed by atoms with E-state index in [1.165, 1.54) is 43.4 Å². The number of hydrogen-bond acceptors (Lipinski definition) is 10. The highest BCUT2D eigenvalue weighted by atomic mass is 32.1. The van der Waals surface area contributed by atoms with Crippen molar-refractivity contribution in [3.63, 3.8) is 0 Å². The monoisotopic (exact) mass is 488 g/mol. The van der Waals surface area contributed by atoms with E-state index < -0.39 is 0 Å². The van der Waals surface area contributed by atoms with Gasteiger partial charge in [0.15, 0.2) is 11.6 Å². The molecule has 35 heavy (non-hydrogen) atoms. The highest BCUT2D eigenvalue weighted by Gasteiger charge is 2.49. The van der Waals surface area contributed by atoms with Gasteiger partial charge in [-0.1, -0.05) is 17.4 Å². The van der Waals surface area contributed by atoms with Crippen LogP contribution in [0.5, 0.6) is 5.75 Å². The van der Waals surface area contributed by atoms with Crippen molar-refractivity contribution in [3.05, 3.63) is 29.4 Å². The molecule has 2 aliphatic heterocycles. The smallest absolute Gasteiger partial charge is 0.218 e. The molecule has 1 aromatic carbocycles. The van der Waals surface area contributed by atoms with E-state index in [9.17, 15) is 5.11 Å². The molecule has 2 N–H and O–H groups in total. The van der Waals surface area contributed by atoms with Crippen LogP contribution in [0.3, 0.4) is 0 Å². The van der Waals surface area contributed by atoms with E-state index in [4.69, 9.17) is 5.26 Å². The third-order valence-electron chi connectivity index (χ3n) is 7.59. The highest BCUT2D eigenvalue weighted by molar-refractivity contribution is 7.15. The Balaban J connectivity index is 1.26. The van der Waals surface area contributed by atoms with Gasteiger partial charge in [0.1, 0.15) is 16.8 Å². The SMILES string of the molecule is C[C@]12CCC[C@](C)(CC(N(c3cnc(-c4ccc(-c5nnc(C#N)s5)cc4O)nn3)C3CC3)C1)N2. The number of phenolic OH excluding ortho intramolecular Hbond substituents is 1. The van der Waals surface area contributed by atoms with Crippen LogP contribution in [-0.4, -0.2) is 53.6 Å². The Labute approximate surface area is 208 Å². The summed E-state index contributed by atoms with van der Waals surface area (Å²) in [4.78, 5) is 7.07. The average Bonchev–Trinajstić information content (AvgIpc) is 3.53. The first kappa shape index (κ1) is 22.3. The lowest BCUT2D eigenvalue weighted by molar-refractivity contribution is 0.0766. The van der Waals surface area contributed by atoms with E-state index in [0.717, 1.165) is 18.7 Å². The molecule has 2 saturated heterocycles. The van der Waals surface area contributed by atoms with Crippen molar-refractivity contribution in [3.8, 4) is 33.8 Å². The Bertz CT molecular complexity index is 1280. The van der Waals surface area contributed by atoms with Crippen molar-refractivity contribution in [1.29, 1.82) is 5.26 Å². The number of nitrogens with one attached hydrogen (secondary N) is 1. The van der Waals surface area contributed by atoms with Crippen molar-refractivity contribution in [2.24, 2.45) is 0 Å². The number of fused-ring (bicyclic) bond motifs is 2. The fourth-order valence-electron chi connectivity index (χ4n) is 6.11. The third-order valence-corrected chi connectivity index (χ3v) is 8.46. The Morgan fingerprint density at radius 3 is 2.46 bits per heavy atom. The molecule has 3 fully saturated rings. The Kier molecular flexibility index (Phi) is 5.23. The maximum atomic E-state index is 10.7. The molecule has 10 heteroatoms. The first-order valence-corrected chi connectivity index (χ1v) is 13.0. The predicted octanol–water partition coefficient (Wildman–Crippen LogP) is 4.06. The van der Waals surface area contributed by atoms with Crippen LogP contribution < -0.4 is 10.2 Å². The normalized spacial score (nSPS) is 27.9. The topological polar surface area (TPSA) is 124 Å². The minimum atomic E-state index is 0.0387. The molecule has 4 heterocycles. The van der Waals surface area contributed by atoms with Crippen molar-refractivity contribution in [2.45, 2.75) is 82.0 Å². The van der Waals surface area contributed by atoms with Crippen LogP contribution in [0.2, 0.25) is 0 Å². The third kappa shape index (κ3) is 4.23. The number of nitrogens with zero attached hydrogens (tertiary/aromatic N) is 7. The van der Waals surface area contributed by atoms with Crippen molar-refractivity contribution < 1.29 is 5.11 Å². The maximum Gasteiger partial charge on any atom is 0.218 e. The lowest BCUT2D eigenvalue weighted by Gasteiger charge is -2.55. The predicted molar refractivity (Wildman–Crippen MR) is 133 cm³/mol. The number of rotatable bonds is 5. The van der Waals surface area contributed by atoms with Gasteiger partial charge < -0.3 is 15.3 Å². The van der Waals surface area contributed by atoms with Crippen LogP contribution in [-0.2, 0) is 0 Å². The number of hydrogen-bond donors (Lipinski definition) is 2. The summed E-state index contributed by atoms with van der Waals surface area (Å²) in [5.74, 6) is 1.24. The Hall–Kier alpha value is -3.16. The quantitative estimate of drug-likeness (QED) is 0.547. The van der Waals surface area contributed by atoms with Crippen LogP contribution in [0.25, 0.3) is 22.0 Å². The molecule has 1 saturated carbocycles. The lowest BCUT2D eigenvalue weighted by Crippen LogP contribution is -2.67. The Morgan fingerprint density at radius 1 is 1.09 bits per heavy atom. The molecule has 3 aromatic rings. The number of benzene rings is 1. The highest BCUT2D eigenvalue weighted by Crippen LogP contribution is 2.45. The van der Waals surface area contributed by atoms with Gasteiger partial charge in [0.25, 0.3) is 0 Å². The van der Waals surface area contributed by atoms with Crippen molar-refractivity contribution in [1.82, 2.24) is 30.7 Å². The zero-order valence-electron chi connectivity index (χ0n) is 19.9. The fourth-order valence-corrected chi connectivity index (χ4v) is 6.75. The molecule has 1 unspecified atom stereocenters. The van der Waals surface area contributed by atoms with E-state index in [1.807, 2.05) is 12.1 Å². The zero-order chi connectivity index (χ0) is 24.2. The number of piperidine rings is 2. The summed E-state index contributed by atoms with van der Waals surface area (Å²) < 4.78 is 0. The van der Waals surface area contributed by atoms with E-state index in [0.29, 0.717) is 34.0 Å². The average molecular weight is 489 g/mol. The molecule has 9 nitrogen and oxygen atoms in total. The fraction of sp³-hybridized carbons (Fsp3) is 0.520. The second-order valence-corrected chi connectivity index (χ2v) is 11.7. The number of aromatic hydroxyl groups is 1. The van der Waals surface area contributed by atoms with Gasteiger partial charge in [-0.3, -0.25) is 0 Å². The number of phenols is 1. The summed E-state index contributed by atoms with van der Waals surface area (Å²) >= 11 is 1.18.